The molecule has 1 aliphatic rings. The van der Waals surface area contributed by atoms with Crippen LogP contribution in [-0.2, 0) is 17.6 Å². The van der Waals surface area contributed by atoms with Crippen LogP contribution in [0.5, 0.6) is 0 Å². The van der Waals surface area contributed by atoms with E-state index in [0.29, 0.717) is 10.7 Å². The minimum Gasteiger partial charge on any atom is -0.359 e. The summed E-state index contributed by atoms with van der Waals surface area (Å²) in [5.41, 5.74) is 6.61. The molecule has 2 N–H and O–H groups in total. The number of anilines is 1. The van der Waals surface area contributed by atoms with Crippen LogP contribution in [0.2, 0.25) is 5.02 Å². The van der Waals surface area contributed by atoms with Crippen LogP contribution in [0.1, 0.15) is 60.0 Å². The molecule has 4 nitrogen and oxygen atoms in total. The molecule has 0 aliphatic heterocycles. The van der Waals surface area contributed by atoms with Crippen molar-refractivity contribution in [1.29, 1.82) is 5.26 Å². The van der Waals surface area contributed by atoms with E-state index in [2.05, 4.69) is 28.8 Å². The molecule has 0 saturated carbocycles. The van der Waals surface area contributed by atoms with Crippen molar-refractivity contribution in [2.75, 3.05) is 5.32 Å². The van der Waals surface area contributed by atoms with Gasteiger partial charge in [0.2, 0.25) is 0 Å². The number of amides is 1. The third kappa shape index (κ3) is 5.04. The fourth-order valence-electron chi connectivity index (χ4n) is 4.02. The lowest BCUT2D eigenvalue weighted by Crippen LogP contribution is -2.29. The number of carbonyl (C=O) groups is 1. The predicted molar refractivity (Wildman–Crippen MR) is 123 cm³/mol. The molecule has 1 unspecified atom stereocenters. The van der Waals surface area contributed by atoms with Crippen molar-refractivity contribution >= 4 is 23.2 Å². The van der Waals surface area contributed by atoms with E-state index < -0.39 is 5.91 Å². The molecule has 0 heterocycles. The highest BCUT2D eigenvalue weighted by Crippen LogP contribution is 2.28. The van der Waals surface area contributed by atoms with Crippen molar-refractivity contribution < 1.29 is 4.79 Å². The number of nitrogens with one attached hydrogen (secondary N) is 2. The van der Waals surface area contributed by atoms with Gasteiger partial charge in [-0.25, -0.2) is 0 Å². The summed E-state index contributed by atoms with van der Waals surface area (Å²) in [7, 11) is 0. The molecule has 1 atom stereocenters. The lowest BCUT2D eigenvalue weighted by atomic mass is 9.88. The second-order valence-corrected chi connectivity index (χ2v) is 8.33. The number of aryl methyl sites for hydroxylation is 4. The molecule has 0 saturated heterocycles. The number of carbonyl (C=O) groups excluding carboxylic acids is 1. The Morgan fingerprint density at radius 1 is 1.20 bits per heavy atom. The summed E-state index contributed by atoms with van der Waals surface area (Å²) in [6.45, 7) is 5.94. The van der Waals surface area contributed by atoms with E-state index in [4.69, 9.17) is 11.6 Å². The number of nitrogens with zero attached hydrogens (tertiary/aromatic N) is 1. The predicted octanol–water partition coefficient (Wildman–Crippen LogP) is 5.92. The van der Waals surface area contributed by atoms with Crippen molar-refractivity contribution in [2.24, 2.45) is 0 Å². The zero-order valence-electron chi connectivity index (χ0n) is 17.8. The molecular weight excluding hydrogens is 394 g/mol. The number of benzene rings is 2. The second kappa shape index (κ2) is 9.82. The summed E-state index contributed by atoms with van der Waals surface area (Å²) in [6, 6.07) is 12.2. The van der Waals surface area contributed by atoms with Gasteiger partial charge in [0.25, 0.3) is 5.91 Å². The molecule has 3 rings (SSSR count). The number of fused-ring (bicyclic) bond motifs is 1. The molecular formula is C25H28ClN3O. The minimum absolute atomic E-state index is 0.0162. The summed E-state index contributed by atoms with van der Waals surface area (Å²) in [6.07, 6.45) is 6.86. The number of hydrogen-bond acceptors (Lipinski definition) is 3. The van der Waals surface area contributed by atoms with Crippen molar-refractivity contribution in [3.8, 4) is 6.07 Å². The smallest absolute Gasteiger partial charge is 0.263 e. The summed E-state index contributed by atoms with van der Waals surface area (Å²) in [5, 5.41) is 16.1. The molecule has 156 valence electrons. The average Bonchev–Trinajstić information content (AvgIpc) is 2.73. The van der Waals surface area contributed by atoms with Gasteiger partial charge in [-0.15, -0.1) is 0 Å². The van der Waals surface area contributed by atoms with Gasteiger partial charge in [-0.3, -0.25) is 4.79 Å². The standard InChI is InChI=1S/C25H28ClN3O/c1-4-23(20-10-9-18-7-5-6-8-19(18)13-20)29-25(30)21(14-27)15-28-24-17(3)11-16(2)12-22(24)26/h9-13,15,23,28H,4-8H2,1-3H3,(H,29,30)/b21-15-. The Morgan fingerprint density at radius 2 is 1.93 bits per heavy atom. The van der Waals surface area contributed by atoms with Crippen LogP contribution in [0, 0.1) is 25.2 Å². The van der Waals surface area contributed by atoms with Crippen LogP contribution in [0.15, 0.2) is 42.1 Å². The molecule has 1 aliphatic carbocycles. The van der Waals surface area contributed by atoms with Crippen molar-refractivity contribution in [3.05, 3.63) is 74.9 Å². The highest BCUT2D eigenvalue weighted by molar-refractivity contribution is 6.33. The first-order valence-electron chi connectivity index (χ1n) is 10.5. The highest BCUT2D eigenvalue weighted by atomic mass is 35.5. The molecule has 5 heteroatoms. The normalized spacial score (nSPS) is 14.4. The Bertz CT molecular complexity index is 997. The van der Waals surface area contributed by atoms with E-state index in [1.54, 1.807) is 0 Å². The van der Waals surface area contributed by atoms with Gasteiger partial charge in [-0.2, -0.15) is 5.26 Å². The first kappa shape index (κ1) is 21.9. The molecule has 2 aromatic carbocycles. The fourth-order valence-corrected chi connectivity index (χ4v) is 4.39. The highest BCUT2D eigenvalue weighted by Gasteiger charge is 2.18. The zero-order chi connectivity index (χ0) is 21.7. The average molecular weight is 422 g/mol. The Morgan fingerprint density at radius 3 is 2.60 bits per heavy atom. The quantitative estimate of drug-likeness (QED) is 0.449. The van der Waals surface area contributed by atoms with Crippen LogP contribution in [0.4, 0.5) is 5.69 Å². The molecule has 30 heavy (non-hydrogen) atoms. The SMILES string of the molecule is CCC(NC(=O)/C(C#N)=C\Nc1c(C)cc(C)cc1Cl)c1ccc2c(c1)CCCC2. The van der Waals surface area contributed by atoms with Crippen LogP contribution in [-0.4, -0.2) is 5.91 Å². The zero-order valence-corrected chi connectivity index (χ0v) is 18.6. The molecule has 0 bridgehead atoms. The van der Waals surface area contributed by atoms with Gasteiger partial charge in [0, 0.05) is 6.20 Å². The minimum atomic E-state index is -0.393. The Hall–Kier alpha value is -2.77. The summed E-state index contributed by atoms with van der Waals surface area (Å²) in [4.78, 5) is 12.8. The van der Waals surface area contributed by atoms with Gasteiger partial charge in [0.15, 0.2) is 0 Å². The maximum absolute atomic E-state index is 12.8. The van der Waals surface area contributed by atoms with Gasteiger partial charge >= 0.3 is 0 Å². The van der Waals surface area contributed by atoms with E-state index >= 15 is 0 Å². The maximum atomic E-state index is 12.8. The fraction of sp³-hybridized carbons (Fsp3) is 0.360. The number of nitriles is 1. The first-order chi connectivity index (χ1) is 14.4. The Balaban J connectivity index is 1.75. The van der Waals surface area contributed by atoms with E-state index in [1.807, 2.05) is 39.0 Å². The summed E-state index contributed by atoms with van der Waals surface area (Å²) >= 11 is 6.31. The number of hydrogen-bond donors (Lipinski definition) is 2. The molecule has 0 spiro atoms. The Labute approximate surface area is 183 Å². The number of halogens is 1. The first-order valence-corrected chi connectivity index (χ1v) is 10.9. The molecule has 1 amide bonds. The lowest BCUT2D eigenvalue weighted by Gasteiger charge is -2.21. The molecule has 0 aromatic heterocycles. The topological polar surface area (TPSA) is 64.9 Å². The van der Waals surface area contributed by atoms with Gasteiger partial charge in [0.05, 0.1) is 16.8 Å². The largest absolute Gasteiger partial charge is 0.359 e. The van der Waals surface area contributed by atoms with Crippen LogP contribution < -0.4 is 10.6 Å². The summed E-state index contributed by atoms with van der Waals surface area (Å²) in [5.74, 6) is -0.393. The third-order valence-electron chi connectivity index (χ3n) is 5.65. The monoisotopic (exact) mass is 421 g/mol. The Kier molecular flexibility index (Phi) is 7.18. The van der Waals surface area contributed by atoms with E-state index in [-0.39, 0.29) is 11.6 Å². The van der Waals surface area contributed by atoms with E-state index in [9.17, 15) is 10.1 Å². The van der Waals surface area contributed by atoms with Crippen molar-refractivity contribution in [2.45, 2.75) is 58.9 Å². The van der Waals surface area contributed by atoms with Gasteiger partial charge in [-0.1, -0.05) is 42.8 Å². The lowest BCUT2D eigenvalue weighted by molar-refractivity contribution is -0.117. The number of rotatable bonds is 6. The van der Waals surface area contributed by atoms with Crippen molar-refractivity contribution in [1.82, 2.24) is 5.32 Å². The van der Waals surface area contributed by atoms with Gasteiger partial charge in [0.1, 0.15) is 11.6 Å². The van der Waals surface area contributed by atoms with Crippen LogP contribution in [0.3, 0.4) is 0 Å². The molecule has 2 aromatic rings. The van der Waals surface area contributed by atoms with Crippen LogP contribution >= 0.6 is 11.6 Å². The van der Waals surface area contributed by atoms with E-state index in [1.165, 1.54) is 30.2 Å². The van der Waals surface area contributed by atoms with Crippen LogP contribution in [0.25, 0.3) is 0 Å². The maximum Gasteiger partial charge on any atom is 0.263 e. The summed E-state index contributed by atoms with van der Waals surface area (Å²) < 4.78 is 0. The second-order valence-electron chi connectivity index (χ2n) is 7.92. The third-order valence-corrected chi connectivity index (χ3v) is 5.94. The molecule has 0 fully saturated rings. The van der Waals surface area contributed by atoms with E-state index in [0.717, 1.165) is 36.0 Å². The van der Waals surface area contributed by atoms with Crippen molar-refractivity contribution in [3.63, 3.8) is 0 Å². The molecule has 0 radical (unpaired) electrons. The van der Waals surface area contributed by atoms with Gasteiger partial charge < -0.3 is 10.6 Å². The van der Waals surface area contributed by atoms with Gasteiger partial charge in [-0.05, 0) is 79.8 Å².